The van der Waals surface area contributed by atoms with Crippen LogP contribution in [0, 0.1) is 5.41 Å². The number of rotatable bonds is 2. The van der Waals surface area contributed by atoms with Crippen molar-refractivity contribution in [3.8, 4) is 0 Å². The Hall–Kier alpha value is -0.610. The standard InChI is InChI=1S/C16H29N3O/c1-16(6-8-17-9-7-16)15(20)19-12-5-14(13-19)18-10-3-2-4-11-18/h14,17H,2-13H2,1H3. The van der Waals surface area contributed by atoms with Gasteiger partial charge in [0, 0.05) is 24.5 Å². The van der Waals surface area contributed by atoms with Crippen molar-refractivity contribution in [2.24, 2.45) is 5.41 Å². The average Bonchev–Trinajstić information content (AvgIpc) is 2.98. The molecule has 0 aromatic carbocycles. The maximum Gasteiger partial charge on any atom is 0.228 e. The third-order valence-corrected chi connectivity index (χ3v) is 5.58. The Balaban J connectivity index is 1.57. The molecule has 4 heteroatoms. The predicted octanol–water partition coefficient (Wildman–Crippen LogP) is 1.46. The number of piperidine rings is 2. The van der Waals surface area contributed by atoms with Gasteiger partial charge in [-0.05, 0) is 58.3 Å². The predicted molar refractivity (Wildman–Crippen MR) is 80.6 cm³/mol. The van der Waals surface area contributed by atoms with Crippen molar-refractivity contribution < 1.29 is 4.79 Å². The van der Waals surface area contributed by atoms with Gasteiger partial charge in [0.25, 0.3) is 0 Å². The molecule has 4 nitrogen and oxygen atoms in total. The van der Waals surface area contributed by atoms with Gasteiger partial charge in [0.05, 0.1) is 0 Å². The molecule has 0 aliphatic carbocycles. The van der Waals surface area contributed by atoms with Crippen molar-refractivity contribution in [1.29, 1.82) is 0 Å². The Morgan fingerprint density at radius 3 is 2.50 bits per heavy atom. The molecule has 0 aromatic heterocycles. The van der Waals surface area contributed by atoms with Gasteiger partial charge < -0.3 is 10.2 Å². The SMILES string of the molecule is CC1(C(=O)N2CCC(N3CCCCC3)C2)CCNCC1. The lowest BCUT2D eigenvalue weighted by molar-refractivity contribution is -0.141. The number of carbonyl (C=O) groups is 1. The Morgan fingerprint density at radius 1 is 1.10 bits per heavy atom. The summed E-state index contributed by atoms with van der Waals surface area (Å²) >= 11 is 0. The highest BCUT2D eigenvalue weighted by Crippen LogP contribution is 2.32. The van der Waals surface area contributed by atoms with E-state index in [0.29, 0.717) is 11.9 Å². The second-order valence-corrected chi connectivity index (χ2v) is 7.10. The van der Waals surface area contributed by atoms with Gasteiger partial charge in [0.1, 0.15) is 0 Å². The summed E-state index contributed by atoms with van der Waals surface area (Å²) in [7, 11) is 0. The summed E-state index contributed by atoms with van der Waals surface area (Å²) < 4.78 is 0. The molecule has 1 N–H and O–H groups in total. The van der Waals surface area contributed by atoms with E-state index in [2.05, 4.69) is 22.0 Å². The number of nitrogens with zero attached hydrogens (tertiary/aromatic N) is 2. The highest BCUT2D eigenvalue weighted by Gasteiger charge is 2.40. The average molecular weight is 279 g/mol. The maximum absolute atomic E-state index is 12.8. The summed E-state index contributed by atoms with van der Waals surface area (Å²) in [6, 6.07) is 0.629. The highest BCUT2D eigenvalue weighted by molar-refractivity contribution is 5.82. The van der Waals surface area contributed by atoms with Gasteiger partial charge in [-0.3, -0.25) is 9.69 Å². The quantitative estimate of drug-likeness (QED) is 0.831. The van der Waals surface area contributed by atoms with E-state index in [0.717, 1.165) is 39.0 Å². The number of likely N-dealkylation sites (tertiary alicyclic amines) is 2. The first kappa shape index (κ1) is 14.3. The molecule has 114 valence electrons. The third-order valence-electron chi connectivity index (χ3n) is 5.58. The summed E-state index contributed by atoms with van der Waals surface area (Å²) in [5.74, 6) is 0.415. The fraction of sp³-hybridized carbons (Fsp3) is 0.938. The van der Waals surface area contributed by atoms with E-state index < -0.39 is 0 Å². The van der Waals surface area contributed by atoms with E-state index in [1.165, 1.54) is 38.8 Å². The lowest BCUT2D eigenvalue weighted by Crippen LogP contribution is -2.48. The summed E-state index contributed by atoms with van der Waals surface area (Å²) in [5, 5.41) is 3.37. The van der Waals surface area contributed by atoms with Crippen LogP contribution in [0.5, 0.6) is 0 Å². The van der Waals surface area contributed by atoms with Crippen LogP contribution >= 0.6 is 0 Å². The Labute approximate surface area is 122 Å². The topological polar surface area (TPSA) is 35.6 Å². The molecule has 1 unspecified atom stereocenters. The summed E-state index contributed by atoms with van der Waals surface area (Å²) in [4.78, 5) is 17.6. The molecular formula is C16H29N3O. The van der Waals surface area contributed by atoms with Crippen LogP contribution in [0.2, 0.25) is 0 Å². The van der Waals surface area contributed by atoms with Crippen molar-refractivity contribution in [3.63, 3.8) is 0 Å². The largest absolute Gasteiger partial charge is 0.341 e. The molecule has 0 radical (unpaired) electrons. The third kappa shape index (κ3) is 2.86. The molecule has 0 saturated carbocycles. The molecule has 3 aliphatic rings. The molecular weight excluding hydrogens is 250 g/mol. The minimum atomic E-state index is -0.109. The van der Waals surface area contributed by atoms with Crippen LogP contribution in [0.4, 0.5) is 0 Å². The molecule has 3 fully saturated rings. The smallest absolute Gasteiger partial charge is 0.228 e. The lowest BCUT2D eigenvalue weighted by atomic mass is 9.79. The first-order valence-electron chi connectivity index (χ1n) is 8.43. The maximum atomic E-state index is 12.8. The molecule has 3 saturated heterocycles. The van der Waals surface area contributed by atoms with Crippen LogP contribution in [0.1, 0.15) is 45.4 Å². The first-order valence-corrected chi connectivity index (χ1v) is 8.43. The summed E-state index contributed by atoms with van der Waals surface area (Å²) in [6.45, 7) is 8.59. The van der Waals surface area contributed by atoms with Gasteiger partial charge in [-0.1, -0.05) is 13.3 Å². The van der Waals surface area contributed by atoms with Crippen molar-refractivity contribution >= 4 is 5.91 Å². The molecule has 0 bridgehead atoms. The van der Waals surface area contributed by atoms with Crippen molar-refractivity contribution in [3.05, 3.63) is 0 Å². The van der Waals surface area contributed by atoms with Crippen molar-refractivity contribution in [1.82, 2.24) is 15.1 Å². The number of hydrogen-bond donors (Lipinski definition) is 1. The molecule has 20 heavy (non-hydrogen) atoms. The molecule has 3 heterocycles. The summed E-state index contributed by atoms with van der Waals surface area (Å²) in [6.07, 6.45) is 7.24. The van der Waals surface area contributed by atoms with E-state index in [4.69, 9.17) is 0 Å². The number of hydrogen-bond acceptors (Lipinski definition) is 3. The number of amides is 1. The zero-order valence-electron chi connectivity index (χ0n) is 12.9. The summed E-state index contributed by atoms with van der Waals surface area (Å²) in [5.41, 5.74) is -0.109. The minimum Gasteiger partial charge on any atom is -0.341 e. The van der Waals surface area contributed by atoms with Crippen LogP contribution < -0.4 is 5.32 Å². The zero-order valence-corrected chi connectivity index (χ0v) is 12.9. The Morgan fingerprint density at radius 2 is 1.80 bits per heavy atom. The van der Waals surface area contributed by atoms with E-state index in [1.54, 1.807) is 0 Å². The zero-order chi connectivity index (χ0) is 14.0. The normalized spacial score (nSPS) is 31.4. The second kappa shape index (κ2) is 6.02. The van der Waals surface area contributed by atoms with Crippen LogP contribution in [0.25, 0.3) is 0 Å². The van der Waals surface area contributed by atoms with Crippen LogP contribution in [-0.2, 0) is 4.79 Å². The van der Waals surface area contributed by atoms with Gasteiger partial charge in [-0.2, -0.15) is 0 Å². The fourth-order valence-corrected chi connectivity index (χ4v) is 4.08. The fourth-order valence-electron chi connectivity index (χ4n) is 4.08. The van der Waals surface area contributed by atoms with E-state index in [-0.39, 0.29) is 5.41 Å². The molecule has 1 amide bonds. The van der Waals surface area contributed by atoms with Gasteiger partial charge in [0.2, 0.25) is 5.91 Å². The Bertz CT molecular complexity index is 346. The Kier molecular flexibility index (Phi) is 4.32. The number of nitrogens with one attached hydrogen (secondary N) is 1. The van der Waals surface area contributed by atoms with Gasteiger partial charge >= 0.3 is 0 Å². The minimum absolute atomic E-state index is 0.109. The van der Waals surface area contributed by atoms with Gasteiger partial charge in [0.15, 0.2) is 0 Å². The van der Waals surface area contributed by atoms with Crippen LogP contribution in [-0.4, -0.2) is 61.0 Å². The van der Waals surface area contributed by atoms with Gasteiger partial charge in [-0.15, -0.1) is 0 Å². The van der Waals surface area contributed by atoms with Gasteiger partial charge in [-0.25, -0.2) is 0 Å². The van der Waals surface area contributed by atoms with E-state index in [9.17, 15) is 4.79 Å². The molecule has 0 aromatic rings. The molecule has 1 atom stereocenters. The van der Waals surface area contributed by atoms with Crippen molar-refractivity contribution in [2.75, 3.05) is 39.3 Å². The number of carbonyl (C=O) groups excluding carboxylic acids is 1. The lowest BCUT2D eigenvalue weighted by Gasteiger charge is -2.37. The molecule has 3 aliphatic heterocycles. The van der Waals surface area contributed by atoms with Crippen LogP contribution in [0.3, 0.4) is 0 Å². The van der Waals surface area contributed by atoms with E-state index in [1.807, 2.05) is 0 Å². The second-order valence-electron chi connectivity index (χ2n) is 7.10. The van der Waals surface area contributed by atoms with E-state index >= 15 is 0 Å². The molecule has 0 spiro atoms. The monoisotopic (exact) mass is 279 g/mol. The molecule has 3 rings (SSSR count). The van der Waals surface area contributed by atoms with Crippen molar-refractivity contribution in [2.45, 2.75) is 51.5 Å². The first-order chi connectivity index (χ1) is 9.69. The highest BCUT2D eigenvalue weighted by atomic mass is 16.2. The van der Waals surface area contributed by atoms with Crippen LogP contribution in [0.15, 0.2) is 0 Å².